The molecule has 1 aromatic rings. The molecule has 0 amide bonds. The molecule has 0 aromatic carbocycles. The monoisotopic (exact) mass is 402 g/mol. The van der Waals surface area contributed by atoms with E-state index in [-0.39, 0.29) is 28.7 Å². The quantitative estimate of drug-likeness (QED) is 0.507. The Morgan fingerprint density at radius 2 is 1.90 bits per heavy atom. The van der Waals surface area contributed by atoms with Crippen LogP contribution < -0.4 is 0 Å². The van der Waals surface area contributed by atoms with Crippen LogP contribution in [0.3, 0.4) is 0 Å². The minimum absolute atomic E-state index is 0.0478. The lowest BCUT2D eigenvalue weighted by molar-refractivity contribution is -0.222. The standard InChI is InChI=1S/C24H34O5/c1-15-8-7-9-20-23(5,12-10-19-11-13-27-14-19)16(2)21(28-17(3)25)22(24(15,20)6)29-18(4)26/h8,11,13-14,16,20-22H,7,9-10,12H2,1-6H3/t16-,20-,21-,22+,23+,24+/m1/s1. The van der Waals surface area contributed by atoms with Gasteiger partial charge in [0, 0.05) is 25.2 Å². The summed E-state index contributed by atoms with van der Waals surface area (Å²) in [5, 5.41) is 0. The number of hydrogen-bond donors (Lipinski definition) is 0. The van der Waals surface area contributed by atoms with E-state index in [0.717, 1.165) is 25.7 Å². The molecule has 5 heteroatoms. The summed E-state index contributed by atoms with van der Waals surface area (Å²) in [4.78, 5) is 24.0. The van der Waals surface area contributed by atoms with Gasteiger partial charge in [-0.25, -0.2) is 0 Å². The minimum Gasteiger partial charge on any atom is -0.472 e. The summed E-state index contributed by atoms with van der Waals surface area (Å²) < 4.78 is 17.0. The number of ether oxygens (including phenoxy) is 2. The first-order valence-corrected chi connectivity index (χ1v) is 10.6. The van der Waals surface area contributed by atoms with E-state index in [0.29, 0.717) is 5.92 Å². The van der Waals surface area contributed by atoms with E-state index < -0.39 is 12.2 Å². The number of hydrogen-bond acceptors (Lipinski definition) is 5. The molecule has 0 spiro atoms. The van der Waals surface area contributed by atoms with Crippen LogP contribution in [0.5, 0.6) is 0 Å². The largest absolute Gasteiger partial charge is 0.472 e. The van der Waals surface area contributed by atoms with Gasteiger partial charge in [0.05, 0.1) is 12.5 Å². The summed E-state index contributed by atoms with van der Waals surface area (Å²) in [6.45, 7) is 11.6. The van der Waals surface area contributed by atoms with Gasteiger partial charge in [-0.2, -0.15) is 0 Å². The number of carbonyl (C=O) groups is 2. The van der Waals surface area contributed by atoms with Crippen molar-refractivity contribution in [2.75, 3.05) is 0 Å². The molecule has 0 bridgehead atoms. The van der Waals surface area contributed by atoms with E-state index in [2.05, 4.69) is 33.8 Å². The average molecular weight is 403 g/mol. The Bertz CT molecular complexity index is 779. The zero-order chi connectivity index (χ0) is 21.4. The maximum absolute atomic E-state index is 12.0. The van der Waals surface area contributed by atoms with E-state index in [4.69, 9.17) is 13.9 Å². The van der Waals surface area contributed by atoms with Crippen LogP contribution in [0, 0.1) is 22.7 Å². The third-order valence-electron chi connectivity index (χ3n) is 7.83. The third-order valence-corrected chi connectivity index (χ3v) is 7.83. The normalized spacial score (nSPS) is 36.7. The summed E-state index contributed by atoms with van der Waals surface area (Å²) in [6.07, 6.45) is 8.70. The van der Waals surface area contributed by atoms with Gasteiger partial charge in [-0.15, -0.1) is 0 Å². The molecule has 5 nitrogen and oxygen atoms in total. The van der Waals surface area contributed by atoms with Crippen molar-refractivity contribution in [2.45, 2.75) is 79.4 Å². The van der Waals surface area contributed by atoms with E-state index >= 15 is 0 Å². The summed E-state index contributed by atoms with van der Waals surface area (Å²) in [7, 11) is 0. The van der Waals surface area contributed by atoms with Gasteiger partial charge in [0.2, 0.25) is 0 Å². The van der Waals surface area contributed by atoms with Crippen molar-refractivity contribution in [3.8, 4) is 0 Å². The van der Waals surface area contributed by atoms with Crippen LogP contribution in [0.15, 0.2) is 34.7 Å². The maximum Gasteiger partial charge on any atom is 0.303 e. The second-order valence-corrected chi connectivity index (χ2v) is 9.33. The van der Waals surface area contributed by atoms with Crippen LogP contribution in [0.25, 0.3) is 0 Å². The molecule has 0 unspecified atom stereocenters. The van der Waals surface area contributed by atoms with Crippen molar-refractivity contribution < 1.29 is 23.5 Å². The zero-order valence-electron chi connectivity index (χ0n) is 18.5. The molecule has 1 aromatic heterocycles. The number of esters is 2. The molecule has 0 N–H and O–H groups in total. The molecule has 0 radical (unpaired) electrons. The van der Waals surface area contributed by atoms with Crippen LogP contribution in [0.1, 0.15) is 66.4 Å². The van der Waals surface area contributed by atoms with Crippen molar-refractivity contribution in [1.82, 2.24) is 0 Å². The van der Waals surface area contributed by atoms with Crippen LogP contribution in [-0.2, 0) is 25.5 Å². The van der Waals surface area contributed by atoms with Crippen LogP contribution in [-0.4, -0.2) is 24.1 Å². The molecule has 1 heterocycles. The van der Waals surface area contributed by atoms with E-state index in [1.165, 1.54) is 25.0 Å². The molecule has 2 aliphatic rings. The Balaban J connectivity index is 2.06. The van der Waals surface area contributed by atoms with Crippen LogP contribution in [0.4, 0.5) is 0 Å². The lowest BCUT2D eigenvalue weighted by Crippen LogP contribution is -2.65. The zero-order valence-corrected chi connectivity index (χ0v) is 18.5. The lowest BCUT2D eigenvalue weighted by atomic mass is 9.45. The number of furan rings is 1. The van der Waals surface area contributed by atoms with Crippen molar-refractivity contribution in [1.29, 1.82) is 0 Å². The lowest BCUT2D eigenvalue weighted by Gasteiger charge is -2.62. The fraction of sp³-hybridized carbons (Fsp3) is 0.667. The summed E-state index contributed by atoms with van der Waals surface area (Å²) >= 11 is 0. The Labute approximate surface area is 173 Å². The molecular weight excluding hydrogens is 368 g/mol. The van der Waals surface area contributed by atoms with Crippen LogP contribution in [0.2, 0.25) is 0 Å². The Morgan fingerprint density at radius 3 is 2.48 bits per heavy atom. The molecule has 3 rings (SSSR count). The topological polar surface area (TPSA) is 65.7 Å². The predicted molar refractivity (Wildman–Crippen MR) is 110 cm³/mol. The molecule has 6 atom stereocenters. The Morgan fingerprint density at radius 1 is 1.21 bits per heavy atom. The Kier molecular flexibility index (Phi) is 5.98. The number of allylic oxidation sites excluding steroid dienone is 1. The van der Waals surface area contributed by atoms with Gasteiger partial charge >= 0.3 is 11.9 Å². The number of aryl methyl sites for hydroxylation is 1. The molecule has 0 saturated heterocycles. The molecule has 1 saturated carbocycles. The highest BCUT2D eigenvalue weighted by molar-refractivity contribution is 5.67. The molecule has 29 heavy (non-hydrogen) atoms. The first kappa shape index (κ1) is 21.7. The Hall–Kier alpha value is -2.04. The van der Waals surface area contributed by atoms with Gasteiger partial charge < -0.3 is 13.9 Å². The summed E-state index contributed by atoms with van der Waals surface area (Å²) in [5.74, 6) is -0.305. The van der Waals surface area contributed by atoms with E-state index in [1.54, 1.807) is 12.5 Å². The van der Waals surface area contributed by atoms with E-state index in [9.17, 15) is 9.59 Å². The molecule has 1 fully saturated rings. The highest BCUT2D eigenvalue weighted by Gasteiger charge is 2.63. The second-order valence-electron chi connectivity index (χ2n) is 9.33. The summed E-state index contributed by atoms with van der Waals surface area (Å²) in [5.41, 5.74) is 1.94. The SMILES string of the molecule is CC(=O)O[C@@H]1[C@@H](C)[C@](C)(CCc2ccoc2)[C@H]2CCC=C(C)[C@]2(C)[C@H]1OC(C)=O. The molecule has 0 aliphatic heterocycles. The van der Waals surface area contributed by atoms with Gasteiger partial charge in [0.25, 0.3) is 0 Å². The predicted octanol–water partition coefficient (Wildman–Crippen LogP) is 5.09. The summed E-state index contributed by atoms with van der Waals surface area (Å²) in [6, 6.07) is 2.01. The van der Waals surface area contributed by atoms with Gasteiger partial charge in [-0.3, -0.25) is 9.59 Å². The van der Waals surface area contributed by atoms with Gasteiger partial charge in [0.15, 0.2) is 0 Å². The van der Waals surface area contributed by atoms with Crippen molar-refractivity contribution in [2.24, 2.45) is 22.7 Å². The molecular formula is C24H34O5. The van der Waals surface area contributed by atoms with Crippen molar-refractivity contribution >= 4 is 11.9 Å². The molecule has 160 valence electrons. The van der Waals surface area contributed by atoms with Crippen molar-refractivity contribution in [3.63, 3.8) is 0 Å². The first-order valence-electron chi connectivity index (χ1n) is 10.6. The second kappa shape index (κ2) is 8.00. The van der Waals surface area contributed by atoms with E-state index in [1.807, 2.05) is 6.07 Å². The van der Waals surface area contributed by atoms with Gasteiger partial charge in [0.1, 0.15) is 12.2 Å². The number of rotatable bonds is 5. The number of carbonyl (C=O) groups excluding carboxylic acids is 2. The fourth-order valence-corrected chi connectivity index (χ4v) is 5.97. The van der Waals surface area contributed by atoms with Crippen LogP contribution >= 0.6 is 0 Å². The maximum atomic E-state index is 12.0. The third kappa shape index (κ3) is 3.76. The minimum atomic E-state index is -0.484. The highest BCUT2D eigenvalue weighted by Crippen LogP contribution is 2.63. The fourth-order valence-electron chi connectivity index (χ4n) is 5.97. The number of fused-ring (bicyclic) bond motifs is 1. The first-order chi connectivity index (χ1) is 13.6. The van der Waals surface area contributed by atoms with Gasteiger partial charge in [-0.1, -0.05) is 32.4 Å². The molecule has 2 aliphatic carbocycles. The average Bonchev–Trinajstić information content (AvgIpc) is 3.16. The van der Waals surface area contributed by atoms with Crippen molar-refractivity contribution in [3.05, 3.63) is 35.8 Å². The highest BCUT2D eigenvalue weighted by atomic mass is 16.6. The smallest absolute Gasteiger partial charge is 0.303 e. The van der Waals surface area contributed by atoms with Gasteiger partial charge in [-0.05, 0) is 55.6 Å².